The Hall–Kier alpha value is -0.400. The lowest BCUT2D eigenvalue weighted by Crippen LogP contribution is -2.37. The summed E-state index contributed by atoms with van der Waals surface area (Å²) in [6, 6.07) is 8.63. The molecule has 0 bridgehead atoms. The first kappa shape index (κ1) is 17.9. The van der Waals surface area contributed by atoms with Gasteiger partial charge in [-0.25, -0.2) is 8.42 Å². The molecule has 0 atom stereocenters. The van der Waals surface area contributed by atoms with Crippen molar-refractivity contribution in [3.63, 3.8) is 0 Å². The lowest BCUT2D eigenvalue weighted by molar-refractivity contribution is 0.286. The zero-order valence-corrected chi connectivity index (χ0v) is 16.4. The second-order valence-electron chi connectivity index (χ2n) is 6.57. The summed E-state index contributed by atoms with van der Waals surface area (Å²) in [5, 5.41) is 0. The van der Waals surface area contributed by atoms with Gasteiger partial charge in [-0.05, 0) is 79.1 Å². The largest absolute Gasteiger partial charge is 0.299 e. The van der Waals surface area contributed by atoms with Crippen molar-refractivity contribution in [2.75, 3.05) is 25.9 Å². The maximum Gasteiger partial charge on any atom is 0.152 e. The summed E-state index contributed by atoms with van der Waals surface area (Å²) in [7, 11) is -3.00. The fourth-order valence-electron chi connectivity index (χ4n) is 2.45. The van der Waals surface area contributed by atoms with Gasteiger partial charge >= 0.3 is 0 Å². The van der Waals surface area contributed by atoms with Gasteiger partial charge in [0.25, 0.3) is 0 Å². The van der Waals surface area contributed by atoms with Crippen LogP contribution in [-0.2, 0) is 9.84 Å². The average Bonchev–Trinajstić information content (AvgIpc) is 2.45. The van der Waals surface area contributed by atoms with E-state index in [-0.39, 0.29) is 0 Å². The smallest absolute Gasteiger partial charge is 0.152 e. The van der Waals surface area contributed by atoms with Crippen LogP contribution >= 0.6 is 22.6 Å². The molecule has 0 fully saturated rings. The van der Waals surface area contributed by atoms with Crippen LogP contribution in [0.3, 0.4) is 0 Å². The number of halogens is 1. The zero-order chi connectivity index (χ0) is 16.4. The number of hydrogen-bond acceptors (Lipinski definition) is 3. The molecule has 1 aliphatic heterocycles. The van der Waals surface area contributed by atoms with Crippen molar-refractivity contribution >= 4 is 38.0 Å². The summed E-state index contributed by atoms with van der Waals surface area (Å²) in [6.07, 6.45) is 5.32. The molecule has 0 aromatic heterocycles. The quantitative estimate of drug-likeness (QED) is 0.667. The van der Waals surface area contributed by atoms with Crippen LogP contribution in [-0.4, -0.2) is 44.0 Å². The molecule has 0 saturated heterocycles. The second-order valence-corrected chi connectivity index (χ2v) is 10.5. The van der Waals surface area contributed by atoms with E-state index in [1.807, 2.05) is 13.8 Å². The Kier molecular flexibility index (Phi) is 5.72. The molecule has 0 radical (unpaired) electrons. The molecule has 2 rings (SSSR count). The van der Waals surface area contributed by atoms with Gasteiger partial charge in [0.1, 0.15) is 0 Å². The first-order valence-corrected chi connectivity index (χ1v) is 10.5. The van der Waals surface area contributed by atoms with Gasteiger partial charge in [0.15, 0.2) is 9.84 Å². The lowest BCUT2D eigenvalue weighted by Gasteiger charge is -2.30. The number of nitrogens with zero attached hydrogens (tertiary/aromatic N) is 1. The second kappa shape index (κ2) is 7.01. The predicted molar refractivity (Wildman–Crippen MR) is 102 cm³/mol. The molecule has 0 unspecified atom stereocenters. The van der Waals surface area contributed by atoms with Crippen LogP contribution in [0.2, 0.25) is 0 Å². The minimum absolute atomic E-state index is 0.646. The molecule has 1 aliphatic rings. The minimum atomic E-state index is -3.00. The molecular weight excluding hydrogens is 409 g/mol. The third-order valence-electron chi connectivity index (χ3n) is 4.54. The van der Waals surface area contributed by atoms with Crippen LogP contribution in [0.4, 0.5) is 0 Å². The Bertz CT molecular complexity index is 648. The molecule has 0 amide bonds. The number of benzene rings is 1. The van der Waals surface area contributed by atoms with Crippen LogP contribution in [0.25, 0.3) is 5.57 Å². The van der Waals surface area contributed by atoms with E-state index >= 15 is 0 Å². The summed E-state index contributed by atoms with van der Waals surface area (Å²) in [4.78, 5) is 2.34. The third-order valence-corrected chi connectivity index (χ3v) is 7.47. The number of sulfone groups is 1. The van der Waals surface area contributed by atoms with E-state index in [0.29, 0.717) is 6.42 Å². The van der Waals surface area contributed by atoms with E-state index in [4.69, 9.17) is 0 Å². The molecule has 0 N–H and O–H groups in total. The van der Waals surface area contributed by atoms with Gasteiger partial charge < -0.3 is 0 Å². The summed E-state index contributed by atoms with van der Waals surface area (Å²) in [6.45, 7) is 6.37. The van der Waals surface area contributed by atoms with Crippen molar-refractivity contribution in [2.24, 2.45) is 0 Å². The van der Waals surface area contributed by atoms with Gasteiger partial charge in [-0.1, -0.05) is 18.2 Å². The standard InChI is InChI=1S/C17H24INO2S/c1-17(2,22(3,20)21)10-13-19-11-8-15(9-12-19)14-4-6-16(18)7-5-14/h4-8H,9-13H2,1-3H3. The molecule has 1 heterocycles. The molecule has 1 aromatic carbocycles. The minimum Gasteiger partial charge on any atom is -0.299 e. The Labute approximate surface area is 147 Å². The molecule has 0 aliphatic carbocycles. The van der Waals surface area contributed by atoms with Crippen molar-refractivity contribution in [1.29, 1.82) is 0 Å². The molecule has 0 saturated carbocycles. The molecule has 0 spiro atoms. The fraction of sp³-hybridized carbons (Fsp3) is 0.529. The monoisotopic (exact) mass is 433 g/mol. The normalized spacial score (nSPS) is 17.4. The van der Waals surface area contributed by atoms with E-state index in [0.717, 1.165) is 26.1 Å². The van der Waals surface area contributed by atoms with E-state index in [9.17, 15) is 8.42 Å². The summed E-state index contributed by atoms with van der Waals surface area (Å²) < 4.78 is 24.1. The Morgan fingerprint density at radius 1 is 1.23 bits per heavy atom. The molecule has 22 heavy (non-hydrogen) atoms. The van der Waals surface area contributed by atoms with Gasteiger partial charge in [0.05, 0.1) is 4.75 Å². The highest BCUT2D eigenvalue weighted by Crippen LogP contribution is 2.25. The van der Waals surface area contributed by atoms with Crippen LogP contribution < -0.4 is 0 Å². The fourth-order valence-corrected chi connectivity index (χ4v) is 3.27. The van der Waals surface area contributed by atoms with Gasteiger partial charge in [-0.3, -0.25) is 4.90 Å². The van der Waals surface area contributed by atoms with Crippen LogP contribution in [0, 0.1) is 3.57 Å². The molecule has 5 heteroatoms. The highest BCUT2D eigenvalue weighted by atomic mass is 127. The van der Waals surface area contributed by atoms with E-state index in [1.54, 1.807) is 0 Å². The van der Waals surface area contributed by atoms with Gasteiger partial charge in [0.2, 0.25) is 0 Å². The Balaban J connectivity index is 1.93. The number of rotatable bonds is 5. The first-order valence-electron chi connectivity index (χ1n) is 7.56. The summed E-state index contributed by atoms with van der Waals surface area (Å²) in [5.41, 5.74) is 2.70. The van der Waals surface area contributed by atoms with Crippen molar-refractivity contribution in [2.45, 2.75) is 31.4 Å². The SMILES string of the molecule is CC(C)(CCN1CC=C(c2ccc(I)cc2)CC1)S(C)(=O)=O. The molecule has 3 nitrogen and oxygen atoms in total. The van der Waals surface area contributed by atoms with Crippen LogP contribution in [0.1, 0.15) is 32.3 Å². The van der Waals surface area contributed by atoms with Gasteiger partial charge in [-0.2, -0.15) is 0 Å². The van der Waals surface area contributed by atoms with Crippen molar-refractivity contribution in [1.82, 2.24) is 4.90 Å². The first-order chi connectivity index (χ1) is 10.2. The maximum absolute atomic E-state index is 11.8. The third kappa shape index (κ3) is 4.55. The number of hydrogen-bond donors (Lipinski definition) is 0. The Morgan fingerprint density at radius 2 is 1.86 bits per heavy atom. The Morgan fingerprint density at radius 3 is 2.36 bits per heavy atom. The zero-order valence-electron chi connectivity index (χ0n) is 13.5. The van der Waals surface area contributed by atoms with Crippen molar-refractivity contribution in [3.05, 3.63) is 39.5 Å². The molecule has 1 aromatic rings. The lowest BCUT2D eigenvalue weighted by atomic mass is 9.99. The van der Waals surface area contributed by atoms with Crippen LogP contribution in [0.15, 0.2) is 30.3 Å². The highest BCUT2D eigenvalue weighted by molar-refractivity contribution is 14.1. The van der Waals surface area contributed by atoms with Crippen molar-refractivity contribution in [3.8, 4) is 0 Å². The average molecular weight is 433 g/mol. The highest BCUT2D eigenvalue weighted by Gasteiger charge is 2.30. The summed E-state index contributed by atoms with van der Waals surface area (Å²) >= 11 is 2.32. The van der Waals surface area contributed by atoms with Crippen molar-refractivity contribution < 1.29 is 8.42 Å². The van der Waals surface area contributed by atoms with E-state index in [2.05, 4.69) is 57.8 Å². The van der Waals surface area contributed by atoms with E-state index < -0.39 is 14.6 Å². The topological polar surface area (TPSA) is 37.4 Å². The molecular formula is C17H24INO2S. The predicted octanol–water partition coefficient (Wildman–Crippen LogP) is 3.59. The van der Waals surface area contributed by atoms with Gasteiger partial charge in [-0.15, -0.1) is 0 Å². The maximum atomic E-state index is 11.8. The van der Waals surface area contributed by atoms with Crippen LogP contribution in [0.5, 0.6) is 0 Å². The van der Waals surface area contributed by atoms with Gasteiger partial charge in [0, 0.05) is 22.9 Å². The molecule has 122 valence electrons. The summed E-state index contributed by atoms with van der Waals surface area (Å²) in [5.74, 6) is 0. The van der Waals surface area contributed by atoms with E-state index in [1.165, 1.54) is 21.0 Å².